The monoisotopic (exact) mass is 285 g/mol. The lowest BCUT2D eigenvalue weighted by Gasteiger charge is -2.37. The van der Waals surface area contributed by atoms with Crippen LogP contribution in [0.1, 0.15) is 20.8 Å². The van der Waals surface area contributed by atoms with Gasteiger partial charge in [0.15, 0.2) is 0 Å². The predicted octanol–water partition coefficient (Wildman–Crippen LogP) is -0.472. The number of nitrogens with one attached hydrogen (secondary N) is 1. The number of carbonyl (C=O) groups excluding carboxylic acids is 1. The van der Waals surface area contributed by atoms with Crippen molar-refractivity contribution in [2.24, 2.45) is 5.73 Å². The van der Waals surface area contributed by atoms with E-state index in [-0.39, 0.29) is 11.7 Å². The van der Waals surface area contributed by atoms with E-state index < -0.39 is 24.2 Å². The number of hydrogen-bond donors (Lipinski definition) is 3. The molecule has 20 heavy (non-hydrogen) atoms. The summed E-state index contributed by atoms with van der Waals surface area (Å²) in [4.78, 5) is 24.4. The highest BCUT2D eigenvalue weighted by molar-refractivity contribution is 5.84. The Morgan fingerprint density at radius 3 is 2.50 bits per heavy atom. The summed E-state index contributed by atoms with van der Waals surface area (Å²) in [6.07, 6.45) is 0.853. The number of aliphatic carboxylic acids is 1. The molecule has 0 saturated heterocycles. The smallest absolute Gasteiger partial charge is 0.370 e. The lowest BCUT2D eigenvalue weighted by molar-refractivity contribution is -0.139. The van der Waals surface area contributed by atoms with Crippen LogP contribution >= 0.6 is 0 Å². The highest BCUT2D eigenvalue weighted by Gasteiger charge is 2.36. The molecule has 7 nitrogen and oxygen atoms in total. The minimum Gasteiger partial charge on any atom is -0.480 e. The third-order valence-corrected chi connectivity index (χ3v) is 3.35. The molecule has 0 bridgehead atoms. The highest BCUT2D eigenvalue weighted by atomic mass is 16.5. The van der Waals surface area contributed by atoms with Crippen LogP contribution in [0, 0.1) is 0 Å². The van der Waals surface area contributed by atoms with Crippen molar-refractivity contribution in [3.8, 4) is 0 Å². The summed E-state index contributed by atoms with van der Waals surface area (Å²) in [6, 6.07) is -1.02. The van der Waals surface area contributed by atoms with Crippen molar-refractivity contribution in [3.05, 3.63) is 11.8 Å². The van der Waals surface area contributed by atoms with Gasteiger partial charge in [-0.2, -0.15) is 0 Å². The minimum absolute atomic E-state index is 0.156. The van der Waals surface area contributed by atoms with Crippen LogP contribution in [0.15, 0.2) is 11.8 Å². The summed E-state index contributed by atoms with van der Waals surface area (Å²) in [5.41, 5.74) is 5.95. The fourth-order valence-electron chi connectivity index (χ4n) is 2.23. The Morgan fingerprint density at radius 1 is 1.45 bits per heavy atom. The quantitative estimate of drug-likeness (QED) is 0.609. The number of ether oxygens (including phenoxy) is 1. The van der Waals surface area contributed by atoms with Crippen molar-refractivity contribution >= 4 is 11.9 Å². The molecule has 1 rings (SSSR count). The van der Waals surface area contributed by atoms with Gasteiger partial charge in [-0.05, 0) is 19.2 Å². The van der Waals surface area contributed by atoms with E-state index in [0.29, 0.717) is 6.54 Å². The number of carbonyl (C=O) groups is 2. The van der Waals surface area contributed by atoms with Gasteiger partial charge in [-0.15, -0.1) is 0 Å². The van der Waals surface area contributed by atoms with Gasteiger partial charge < -0.3 is 25.8 Å². The van der Waals surface area contributed by atoms with Crippen LogP contribution in [0.5, 0.6) is 0 Å². The Kier molecular flexibility index (Phi) is 5.97. The maximum Gasteiger partial charge on any atom is 0.370 e. The molecule has 0 fully saturated rings. The SMILES string of the molecule is CCN(CC)C[C@@H]1OC(C(=O)O)=C[C@H](N)[C@H]1NC(C)=O. The zero-order chi connectivity index (χ0) is 15.3. The van der Waals surface area contributed by atoms with E-state index in [0.717, 1.165) is 13.1 Å². The topological polar surface area (TPSA) is 105 Å². The van der Waals surface area contributed by atoms with Gasteiger partial charge in [-0.1, -0.05) is 13.8 Å². The molecule has 0 aromatic rings. The molecule has 0 radical (unpaired) electrons. The first-order valence-corrected chi connectivity index (χ1v) is 6.75. The van der Waals surface area contributed by atoms with Gasteiger partial charge in [0.25, 0.3) is 0 Å². The van der Waals surface area contributed by atoms with Crippen molar-refractivity contribution in [1.29, 1.82) is 0 Å². The number of nitrogens with two attached hydrogens (primary N) is 1. The molecular weight excluding hydrogens is 262 g/mol. The fourth-order valence-corrected chi connectivity index (χ4v) is 2.23. The van der Waals surface area contributed by atoms with Crippen LogP contribution in [0.3, 0.4) is 0 Å². The second-order valence-corrected chi connectivity index (χ2v) is 4.78. The molecule has 114 valence electrons. The number of rotatable bonds is 6. The third-order valence-electron chi connectivity index (χ3n) is 3.35. The number of nitrogens with zero attached hydrogens (tertiary/aromatic N) is 1. The van der Waals surface area contributed by atoms with Crippen molar-refractivity contribution in [1.82, 2.24) is 10.2 Å². The minimum atomic E-state index is -1.15. The normalized spacial score (nSPS) is 25.9. The first kappa shape index (κ1) is 16.5. The van der Waals surface area contributed by atoms with Crippen LogP contribution < -0.4 is 11.1 Å². The van der Waals surface area contributed by atoms with E-state index in [1.807, 2.05) is 13.8 Å². The molecule has 3 atom stereocenters. The van der Waals surface area contributed by atoms with Crippen LogP contribution in [-0.4, -0.2) is 59.7 Å². The van der Waals surface area contributed by atoms with Gasteiger partial charge in [0.1, 0.15) is 6.10 Å². The number of carboxylic acid groups (broad SMARTS) is 1. The molecule has 1 amide bonds. The average molecular weight is 285 g/mol. The van der Waals surface area contributed by atoms with Gasteiger partial charge in [-0.25, -0.2) is 4.79 Å². The Bertz CT molecular complexity index is 393. The first-order chi connectivity index (χ1) is 9.38. The van der Waals surface area contributed by atoms with Crippen LogP contribution in [-0.2, 0) is 14.3 Å². The van der Waals surface area contributed by atoms with Gasteiger partial charge in [-0.3, -0.25) is 4.79 Å². The Hall–Kier alpha value is -1.60. The summed E-state index contributed by atoms with van der Waals surface area (Å²) in [7, 11) is 0. The van der Waals surface area contributed by atoms with Gasteiger partial charge in [0.2, 0.25) is 11.7 Å². The van der Waals surface area contributed by atoms with Crippen molar-refractivity contribution < 1.29 is 19.4 Å². The Labute approximate surface area is 118 Å². The molecule has 0 unspecified atom stereocenters. The molecule has 0 aromatic carbocycles. The number of amides is 1. The van der Waals surface area contributed by atoms with Gasteiger partial charge in [0.05, 0.1) is 12.1 Å². The lowest BCUT2D eigenvalue weighted by atomic mass is 9.98. The van der Waals surface area contributed by atoms with E-state index >= 15 is 0 Å². The van der Waals surface area contributed by atoms with E-state index in [1.54, 1.807) is 0 Å². The van der Waals surface area contributed by atoms with E-state index in [4.69, 9.17) is 15.6 Å². The summed E-state index contributed by atoms with van der Waals surface area (Å²) in [5, 5.41) is 11.8. The molecule has 1 heterocycles. The van der Waals surface area contributed by atoms with Crippen molar-refractivity contribution in [2.75, 3.05) is 19.6 Å². The predicted molar refractivity (Wildman–Crippen MR) is 74.0 cm³/mol. The summed E-state index contributed by atoms with van der Waals surface area (Å²) in [6.45, 7) is 7.55. The molecule has 7 heteroatoms. The molecule has 0 aliphatic carbocycles. The summed E-state index contributed by atoms with van der Waals surface area (Å²) in [5.74, 6) is -1.52. The molecule has 0 saturated carbocycles. The second-order valence-electron chi connectivity index (χ2n) is 4.78. The molecule has 0 spiro atoms. The summed E-state index contributed by atoms with van der Waals surface area (Å²) >= 11 is 0. The first-order valence-electron chi connectivity index (χ1n) is 6.75. The Balaban J connectivity index is 2.92. The lowest BCUT2D eigenvalue weighted by Crippen LogP contribution is -2.59. The molecule has 4 N–H and O–H groups in total. The maximum atomic E-state index is 11.3. The maximum absolute atomic E-state index is 11.3. The number of likely N-dealkylation sites (N-methyl/N-ethyl adjacent to an activating group) is 1. The molecule has 0 aromatic heterocycles. The summed E-state index contributed by atoms with van der Waals surface area (Å²) < 4.78 is 5.49. The molecule has 1 aliphatic rings. The largest absolute Gasteiger partial charge is 0.480 e. The molecule has 1 aliphatic heterocycles. The zero-order valence-electron chi connectivity index (χ0n) is 12.1. The highest BCUT2D eigenvalue weighted by Crippen LogP contribution is 2.18. The van der Waals surface area contributed by atoms with Gasteiger partial charge in [0, 0.05) is 13.5 Å². The standard InChI is InChI=1S/C13H23N3O4/c1-4-16(5-2)7-11-12(15-8(3)17)9(14)6-10(20-11)13(18)19/h6,9,11-12H,4-5,7,14H2,1-3H3,(H,15,17)(H,18,19)/t9-,11-,12+/m0/s1. The number of hydrogen-bond acceptors (Lipinski definition) is 5. The van der Waals surface area contributed by atoms with Crippen LogP contribution in [0.2, 0.25) is 0 Å². The van der Waals surface area contributed by atoms with Gasteiger partial charge >= 0.3 is 5.97 Å². The second kappa shape index (κ2) is 7.25. The van der Waals surface area contributed by atoms with Crippen LogP contribution in [0.25, 0.3) is 0 Å². The van der Waals surface area contributed by atoms with E-state index in [9.17, 15) is 9.59 Å². The van der Waals surface area contributed by atoms with Crippen molar-refractivity contribution in [2.45, 2.75) is 39.0 Å². The van der Waals surface area contributed by atoms with E-state index in [2.05, 4.69) is 10.2 Å². The average Bonchev–Trinajstić information content (AvgIpc) is 2.38. The van der Waals surface area contributed by atoms with E-state index in [1.165, 1.54) is 13.0 Å². The Morgan fingerprint density at radius 2 is 2.05 bits per heavy atom. The fraction of sp³-hybridized carbons (Fsp3) is 0.692. The number of carboxylic acids is 1. The van der Waals surface area contributed by atoms with Crippen molar-refractivity contribution in [3.63, 3.8) is 0 Å². The zero-order valence-corrected chi connectivity index (χ0v) is 12.1. The van der Waals surface area contributed by atoms with Crippen LogP contribution in [0.4, 0.5) is 0 Å². The molecular formula is C13H23N3O4. The third kappa shape index (κ3) is 4.21.